The second-order valence-electron chi connectivity index (χ2n) is 9.16. The molecule has 3 aromatic rings. The second-order valence-corrected chi connectivity index (χ2v) is 9.16. The van der Waals surface area contributed by atoms with Crippen LogP contribution in [0.25, 0.3) is 5.70 Å². The van der Waals surface area contributed by atoms with Crippen LogP contribution < -0.4 is 19.7 Å². The maximum absolute atomic E-state index is 6.27. The van der Waals surface area contributed by atoms with E-state index in [2.05, 4.69) is 36.6 Å². The summed E-state index contributed by atoms with van der Waals surface area (Å²) in [6.45, 7) is 2.51. The van der Waals surface area contributed by atoms with Gasteiger partial charge in [0, 0.05) is 23.6 Å². The number of nitrogens with one attached hydrogen (secondary N) is 1. The van der Waals surface area contributed by atoms with E-state index < -0.39 is 0 Å². The number of fused-ring (bicyclic) bond motifs is 2. The number of nitrogens with zero attached hydrogens (tertiary/aromatic N) is 1. The highest BCUT2D eigenvalue weighted by Gasteiger charge is 2.41. The summed E-state index contributed by atoms with van der Waals surface area (Å²) in [7, 11) is 4.13. The van der Waals surface area contributed by atoms with Crippen molar-refractivity contribution >= 4 is 5.70 Å². The van der Waals surface area contributed by atoms with Crippen molar-refractivity contribution in [1.82, 2.24) is 10.4 Å². The van der Waals surface area contributed by atoms with Crippen LogP contribution in [0.2, 0.25) is 0 Å². The van der Waals surface area contributed by atoms with E-state index in [4.69, 9.17) is 19.0 Å². The van der Waals surface area contributed by atoms with Crippen molar-refractivity contribution in [2.24, 2.45) is 0 Å². The highest BCUT2D eigenvalue weighted by Crippen LogP contribution is 2.49. The highest BCUT2D eigenvalue weighted by atomic mass is 16.6. The van der Waals surface area contributed by atoms with Crippen LogP contribution in [0.1, 0.15) is 29.5 Å². The van der Waals surface area contributed by atoms with E-state index in [1.807, 2.05) is 60.7 Å². The lowest BCUT2D eigenvalue weighted by molar-refractivity contribution is 0.0717. The Labute approximate surface area is 207 Å². The third kappa shape index (κ3) is 5.96. The molecular formula is C29H32N2O4. The summed E-state index contributed by atoms with van der Waals surface area (Å²) in [5.74, 6) is 2.13. The summed E-state index contributed by atoms with van der Waals surface area (Å²) in [6, 6.07) is 24.2. The van der Waals surface area contributed by atoms with Crippen LogP contribution in [0.4, 0.5) is 0 Å². The number of rotatable bonds is 12. The van der Waals surface area contributed by atoms with E-state index >= 15 is 0 Å². The van der Waals surface area contributed by atoms with E-state index in [0.717, 1.165) is 47.5 Å². The van der Waals surface area contributed by atoms with Crippen LogP contribution in [0, 0.1) is 0 Å². The van der Waals surface area contributed by atoms with Crippen LogP contribution >= 0.6 is 0 Å². The van der Waals surface area contributed by atoms with Gasteiger partial charge in [-0.1, -0.05) is 60.7 Å². The van der Waals surface area contributed by atoms with Crippen molar-refractivity contribution in [3.63, 3.8) is 0 Å². The molecule has 6 nitrogen and oxygen atoms in total. The molecule has 1 saturated carbocycles. The Hall–Kier alpha value is -3.48. The van der Waals surface area contributed by atoms with Crippen LogP contribution in [-0.4, -0.2) is 38.3 Å². The van der Waals surface area contributed by atoms with Gasteiger partial charge >= 0.3 is 0 Å². The van der Waals surface area contributed by atoms with Gasteiger partial charge in [-0.3, -0.25) is 10.3 Å². The molecule has 0 saturated heterocycles. The van der Waals surface area contributed by atoms with E-state index in [1.165, 1.54) is 5.57 Å². The standard InChI is InChI=1S/C29H32N2O4/c1-31(2)14-9-15-34-30-29-23-16-25(23)35-26-18-28(33-20-22-12-7-4-8-13-22)27(17-24(26)29)32-19-21-10-5-3-6-11-21/h3-8,10-13,17-18,25,30H,9,14-16,19-20H2,1-2H3. The zero-order chi connectivity index (χ0) is 24.0. The predicted octanol–water partition coefficient (Wildman–Crippen LogP) is 5.19. The zero-order valence-corrected chi connectivity index (χ0v) is 20.3. The Kier molecular flexibility index (Phi) is 7.21. The minimum Gasteiger partial charge on any atom is -0.485 e. The molecule has 1 aliphatic carbocycles. The van der Waals surface area contributed by atoms with Gasteiger partial charge in [-0.15, -0.1) is 0 Å². The smallest absolute Gasteiger partial charge is 0.165 e. The van der Waals surface area contributed by atoms with E-state index in [0.29, 0.717) is 31.3 Å². The molecule has 0 amide bonds. The van der Waals surface area contributed by atoms with Crippen molar-refractivity contribution in [1.29, 1.82) is 0 Å². The van der Waals surface area contributed by atoms with Crippen molar-refractivity contribution in [3.8, 4) is 17.2 Å². The monoisotopic (exact) mass is 472 g/mol. The summed E-state index contributed by atoms with van der Waals surface area (Å²) < 4.78 is 18.7. The van der Waals surface area contributed by atoms with Gasteiger partial charge in [0.15, 0.2) is 11.5 Å². The Morgan fingerprint density at radius 2 is 1.51 bits per heavy atom. The summed E-state index contributed by atoms with van der Waals surface area (Å²) in [6.07, 6.45) is 1.96. The SMILES string of the molecule is CN(C)CCCONC1=C2CC2Oc2cc(OCc3ccccc3)c(OCc3ccccc3)cc21. The summed E-state index contributed by atoms with van der Waals surface area (Å²) in [5, 5.41) is 0. The summed E-state index contributed by atoms with van der Waals surface area (Å²) in [5.41, 5.74) is 8.56. The first kappa shape index (κ1) is 23.3. The summed E-state index contributed by atoms with van der Waals surface area (Å²) in [4.78, 5) is 7.97. The van der Waals surface area contributed by atoms with Gasteiger partial charge in [0.1, 0.15) is 25.1 Å². The lowest BCUT2D eigenvalue weighted by Crippen LogP contribution is -2.21. The van der Waals surface area contributed by atoms with Crippen LogP contribution in [-0.2, 0) is 18.1 Å². The molecule has 1 fully saturated rings. The molecule has 1 atom stereocenters. The number of hydroxylamine groups is 1. The molecule has 182 valence electrons. The molecule has 0 aromatic heterocycles. The molecule has 0 spiro atoms. The largest absolute Gasteiger partial charge is 0.485 e. The maximum Gasteiger partial charge on any atom is 0.165 e. The molecule has 0 radical (unpaired) electrons. The molecule has 1 aliphatic heterocycles. The lowest BCUT2D eigenvalue weighted by Gasteiger charge is -2.22. The minimum atomic E-state index is 0.105. The fourth-order valence-electron chi connectivity index (χ4n) is 4.07. The Bertz CT molecular complexity index is 1160. The number of hydrogen-bond donors (Lipinski definition) is 1. The molecule has 6 heteroatoms. The Morgan fingerprint density at radius 1 is 0.886 bits per heavy atom. The van der Waals surface area contributed by atoms with Gasteiger partial charge in [0.05, 0.1) is 12.3 Å². The zero-order valence-electron chi connectivity index (χ0n) is 20.3. The summed E-state index contributed by atoms with van der Waals surface area (Å²) >= 11 is 0. The molecule has 2 aliphatic rings. The van der Waals surface area contributed by atoms with Gasteiger partial charge in [0.2, 0.25) is 0 Å². The van der Waals surface area contributed by atoms with Crippen LogP contribution in [0.15, 0.2) is 78.4 Å². The molecule has 35 heavy (non-hydrogen) atoms. The molecular weight excluding hydrogens is 440 g/mol. The van der Waals surface area contributed by atoms with Crippen LogP contribution in [0.5, 0.6) is 17.2 Å². The molecule has 1 unspecified atom stereocenters. The lowest BCUT2D eigenvalue weighted by atomic mass is 10.1. The molecule has 1 N–H and O–H groups in total. The average molecular weight is 473 g/mol. The number of ether oxygens (including phenoxy) is 3. The normalized spacial score (nSPS) is 15.8. The van der Waals surface area contributed by atoms with Gasteiger partial charge in [0.25, 0.3) is 0 Å². The molecule has 3 aromatic carbocycles. The molecule has 5 rings (SSSR count). The topological polar surface area (TPSA) is 52.2 Å². The second kappa shape index (κ2) is 10.8. The fraction of sp³-hybridized carbons (Fsp3) is 0.310. The molecule has 0 bridgehead atoms. The predicted molar refractivity (Wildman–Crippen MR) is 136 cm³/mol. The maximum atomic E-state index is 6.27. The van der Waals surface area contributed by atoms with Gasteiger partial charge in [-0.2, -0.15) is 0 Å². The quantitative estimate of drug-likeness (QED) is 0.289. The van der Waals surface area contributed by atoms with E-state index in [9.17, 15) is 0 Å². The highest BCUT2D eigenvalue weighted by molar-refractivity contribution is 5.79. The van der Waals surface area contributed by atoms with E-state index in [1.54, 1.807) is 0 Å². The van der Waals surface area contributed by atoms with Gasteiger partial charge in [-0.05, 0) is 44.3 Å². The van der Waals surface area contributed by atoms with Crippen molar-refractivity contribution < 1.29 is 19.0 Å². The fourth-order valence-corrected chi connectivity index (χ4v) is 4.07. The number of hydrogen-bond acceptors (Lipinski definition) is 6. The third-order valence-corrected chi connectivity index (χ3v) is 6.04. The number of benzene rings is 3. The minimum absolute atomic E-state index is 0.105. The van der Waals surface area contributed by atoms with Crippen molar-refractivity contribution in [3.05, 3.63) is 95.1 Å². The van der Waals surface area contributed by atoms with Gasteiger partial charge < -0.3 is 19.1 Å². The third-order valence-electron chi connectivity index (χ3n) is 6.04. The van der Waals surface area contributed by atoms with E-state index in [-0.39, 0.29) is 6.10 Å². The average Bonchev–Trinajstić information content (AvgIpc) is 3.65. The first-order chi connectivity index (χ1) is 17.2. The van der Waals surface area contributed by atoms with Crippen molar-refractivity contribution in [2.45, 2.75) is 32.2 Å². The van der Waals surface area contributed by atoms with Crippen LogP contribution in [0.3, 0.4) is 0 Å². The van der Waals surface area contributed by atoms with Crippen molar-refractivity contribution in [2.75, 3.05) is 27.2 Å². The molecule has 1 heterocycles. The Morgan fingerprint density at radius 3 is 2.14 bits per heavy atom. The van der Waals surface area contributed by atoms with Gasteiger partial charge in [-0.25, -0.2) is 0 Å². The Balaban J connectivity index is 1.36. The first-order valence-electron chi connectivity index (χ1n) is 12.1. The first-order valence-corrected chi connectivity index (χ1v) is 12.1.